The van der Waals surface area contributed by atoms with Gasteiger partial charge in [0, 0.05) is 23.7 Å². The Kier molecular flexibility index (Phi) is 2.95. The maximum Gasteiger partial charge on any atom is 0.234 e. The van der Waals surface area contributed by atoms with Crippen molar-refractivity contribution in [3.05, 3.63) is 41.0 Å². The second-order valence-electron chi connectivity index (χ2n) is 4.88. The number of ether oxygens (including phenoxy) is 1. The van der Waals surface area contributed by atoms with E-state index in [0.29, 0.717) is 18.8 Å². The van der Waals surface area contributed by atoms with Crippen molar-refractivity contribution in [3.8, 4) is 0 Å². The number of hydrogen-bond acceptors (Lipinski definition) is 4. The fourth-order valence-electron chi connectivity index (χ4n) is 2.73. The van der Waals surface area contributed by atoms with Crippen LogP contribution in [0.25, 0.3) is 5.76 Å². The summed E-state index contributed by atoms with van der Waals surface area (Å²) in [4.78, 5) is 24.3. The van der Waals surface area contributed by atoms with E-state index in [9.17, 15) is 14.7 Å². The molecule has 4 heteroatoms. The highest BCUT2D eigenvalue weighted by Gasteiger charge is 2.37. The molecule has 1 aromatic rings. The van der Waals surface area contributed by atoms with Gasteiger partial charge in [-0.1, -0.05) is 24.3 Å². The van der Waals surface area contributed by atoms with Crippen LogP contribution in [0.4, 0.5) is 0 Å². The fraction of sp³-hybridized carbons (Fsp3) is 0.333. The van der Waals surface area contributed by atoms with Crippen LogP contribution in [0.3, 0.4) is 0 Å². The Morgan fingerprint density at radius 2 is 1.84 bits per heavy atom. The van der Waals surface area contributed by atoms with E-state index in [-0.39, 0.29) is 22.8 Å². The van der Waals surface area contributed by atoms with Gasteiger partial charge in [-0.3, -0.25) is 9.59 Å². The van der Waals surface area contributed by atoms with Crippen molar-refractivity contribution in [2.24, 2.45) is 5.92 Å². The predicted octanol–water partition coefficient (Wildman–Crippen LogP) is 2.15. The van der Waals surface area contributed by atoms with Crippen LogP contribution >= 0.6 is 0 Å². The highest BCUT2D eigenvalue weighted by Crippen LogP contribution is 2.34. The maximum atomic E-state index is 12.2. The van der Waals surface area contributed by atoms with Gasteiger partial charge in [0.25, 0.3) is 0 Å². The largest absolute Gasteiger partial charge is 0.507 e. The summed E-state index contributed by atoms with van der Waals surface area (Å²) in [6.07, 6.45) is 1.60. The van der Waals surface area contributed by atoms with E-state index in [0.717, 1.165) is 12.8 Å². The SMILES string of the molecule is O=C1C(=O)c2ccccc2C(O)=C1C1CCCOC1. The number of fused-ring (bicyclic) bond motifs is 1. The van der Waals surface area contributed by atoms with Gasteiger partial charge in [0.05, 0.1) is 12.2 Å². The second-order valence-corrected chi connectivity index (χ2v) is 4.88. The smallest absolute Gasteiger partial charge is 0.234 e. The topological polar surface area (TPSA) is 63.6 Å². The molecule has 0 saturated carbocycles. The van der Waals surface area contributed by atoms with Gasteiger partial charge < -0.3 is 9.84 Å². The Morgan fingerprint density at radius 1 is 1.11 bits per heavy atom. The fourth-order valence-corrected chi connectivity index (χ4v) is 2.73. The third-order valence-corrected chi connectivity index (χ3v) is 3.70. The van der Waals surface area contributed by atoms with E-state index in [4.69, 9.17) is 4.74 Å². The molecule has 0 aromatic heterocycles. The van der Waals surface area contributed by atoms with Crippen LogP contribution in [0, 0.1) is 5.92 Å². The number of hydrogen-bond donors (Lipinski definition) is 1. The van der Waals surface area contributed by atoms with Crippen molar-refractivity contribution in [1.29, 1.82) is 0 Å². The van der Waals surface area contributed by atoms with Gasteiger partial charge in [-0.2, -0.15) is 0 Å². The highest BCUT2D eigenvalue weighted by molar-refractivity contribution is 6.52. The first-order valence-corrected chi connectivity index (χ1v) is 6.39. The van der Waals surface area contributed by atoms with Gasteiger partial charge in [-0.05, 0) is 12.8 Å². The molecule has 0 spiro atoms. The molecule has 98 valence electrons. The van der Waals surface area contributed by atoms with Crippen molar-refractivity contribution in [2.75, 3.05) is 13.2 Å². The molecular weight excluding hydrogens is 244 g/mol. The highest BCUT2D eigenvalue weighted by atomic mass is 16.5. The Morgan fingerprint density at radius 3 is 2.53 bits per heavy atom. The van der Waals surface area contributed by atoms with E-state index < -0.39 is 11.6 Å². The summed E-state index contributed by atoms with van der Waals surface area (Å²) in [7, 11) is 0. The lowest BCUT2D eigenvalue weighted by Crippen LogP contribution is -2.31. The summed E-state index contributed by atoms with van der Waals surface area (Å²) in [5, 5.41) is 10.3. The summed E-state index contributed by atoms with van der Waals surface area (Å²) >= 11 is 0. The molecule has 1 aliphatic heterocycles. The molecule has 1 atom stereocenters. The molecule has 1 N–H and O–H groups in total. The molecule has 0 radical (unpaired) electrons. The Bertz CT molecular complexity index is 580. The van der Waals surface area contributed by atoms with Gasteiger partial charge in [0.2, 0.25) is 11.6 Å². The molecular formula is C15H14O4. The van der Waals surface area contributed by atoms with Crippen molar-refractivity contribution in [3.63, 3.8) is 0 Å². The molecule has 0 amide bonds. The Balaban J connectivity index is 2.12. The minimum Gasteiger partial charge on any atom is -0.507 e. The summed E-state index contributed by atoms with van der Waals surface area (Å²) in [5.41, 5.74) is 0.960. The zero-order valence-electron chi connectivity index (χ0n) is 10.4. The van der Waals surface area contributed by atoms with Crippen molar-refractivity contribution in [1.82, 2.24) is 0 Å². The molecule has 3 rings (SSSR count). The normalized spacial score (nSPS) is 23.5. The molecule has 19 heavy (non-hydrogen) atoms. The molecule has 1 unspecified atom stereocenters. The third-order valence-electron chi connectivity index (χ3n) is 3.70. The second kappa shape index (κ2) is 4.63. The first-order valence-electron chi connectivity index (χ1n) is 6.39. The van der Waals surface area contributed by atoms with Crippen molar-refractivity contribution in [2.45, 2.75) is 12.8 Å². The average Bonchev–Trinajstić information content (AvgIpc) is 2.46. The summed E-state index contributed by atoms with van der Waals surface area (Å²) in [6.45, 7) is 1.06. The molecule has 1 aliphatic carbocycles. The monoisotopic (exact) mass is 258 g/mol. The Hall–Kier alpha value is -1.94. The van der Waals surface area contributed by atoms with E-state index >= 15 is 0 Å². The summed E-state index contributed by atoms with van der Waals surface area (Å²) in [6, 6.07) is 6.66. The lowest BCUT2D eigenvalue weighted by atomic mass is 9.80. The van der Waals surface area contributed by atoms with Gasteiger partial charge in [-0.25, -0.2) is 0 Å². The van der Waals surface area contributed by atoms with Gasteiger partial charge >= 0.3 is 0 Å². The van der Waals surface area contributed by atoms with Crippen LogP contribution in [0.1, 0.15) is 28.8 Å². The van der Waals surface area contributed by atoms with Crippen LogP contribution in [0.5, 0.6) is 0 Å². The van der Waals surface area contributed by atoms with Gasteiger partial charge in [-0.15, -0.1) is 0 Å². The molecule has 2 aliphatic rings. The first kappa shape index (κ1) is 12.1. The zero-order valence-corrected chi connectivity index (χ0v) is 10.4. The number of benzene rings is 1. The first-order chi connectivity index (χ1) is 9.20. The number of carbonyl (C=O) groups is 2. The summed E-state index contributed by atoms with van der Waals surface area (Å²) < 4.78 is 5.35. The van der Waals surface area contributed by atoms with Crippen LogP contribution in [-0.4, -0.2) is 29.9 Å². The number of carbonyl (C=O) groups excluding carboxylic acids is 2. The van der Waals surface area contributed by atoms with E-state index in [1.54, 1.807) is 24.3 Å². The van der Waals surface area contributed by atoms with E-state index in [1.807, 2.05) is 0 Å². The molecule has 1 heterocycles. The lowest BCUT2D eigenvalue weighted by molar-refractivity contribution is -0.113. The molecule has 1 fully saturated rings. The molecule has 1 aromatic carbocycles. The number of Topliss-reactive ketones (excluding diaryl/α,β-unsaturated/α-hetero) is 2. The molecule has 4 nitrogen and oxygen atoms in total. The van der Waals surface area contributed by atoms with Crippen LogP contribution in [0.2, 0.25) is 0 Å². The molecule has 1 saturated heterocycles. The van der Waals surface area contributed by atoms with Gasteiger partial charge in [0.1, 0.15) is 5.76 Å². The van der Waals surface area contributed by atoms with E-state index in [1.165, 1.54) is 0 Å². The molecule has 0 bridgehead atoms. The number of ketones is 2. The minimum atomic E-state index is -0.591. The number of rotatable bonds is 1. The summed E-state index contributed by atoms with van der Waals surface area (Å²) in [5.74, 6) is -1.37. The number of aliphatic hydroxyl groups is 1. The van der Waals surface area contributed by atoms with Crippen molar-refractivity contribution >= 4 is 17.3 Å². The third kappa shape index (κ3) is 1.88. The van der Waals surface area contributed by atoms with Crippen LogP contribution in [0.15, 0.2) is 29.8 Å². The average molecular weight is 258 g/mol. The zero-order chi connectivity index (χ0) is 13.4. The Labute approximate surface area is 110 Å². The maximum absolute atomic E-state index is 12.2. The standard InChI is InChI=1S/C15H14O4/c16-13-10-5-1-2-6-11(10)14(17)15(18)12(13)9-4-3-7-19-8-9/h1-2,5-6,9,16H,3-4,7-8H2. The quantitative estimate of drug-likeness (QED) is 0.784. The van der Waals surface area contributed by atoms with Crippen LogP contribution in [-0.2, 0) is 9.53 Å². The lowest BCUT2D eigenvalue weighted by Gasteiger charge is -2.27. The van der Waals surface area contributed by atoms with Gasteiger partial charge in [0.15, 0.2) is 0 Å². The number of aliphatic hydroxyl groups excluding tert-OH is 1. The van der Waals surface area contributed by atoms with Crippen LogP contribution < -0.4 is 0 Å². The van der Waals surface area contributed by atoms with Crippen molar-refractivity contribution < 1.29 is 19.4 Å². The predicted molar refractivity (Wildman–Crippen MR) is 68.9 cm³/mol. The minimum absolute atomic E-state index is 0.0595. The van der Waals surface area contributed by atoms with E-state index in [2.05, 4.69) is 0 Å².